The molecule has 0 saturated carbocycles. The van der Waals surface area contributed by atoms with Crippen LogP contribution in [0.5, 0.6) is 11.5 Å². The minimum Gasteiger partial charge on any atom is -0.497 e. The second-order valence-electron chi connectivity index (χ2n) is 6.67. The zero-order chi connectivity index (χ0) is 21.5. The van der Waals surface area contributed by atoms with Crippen LogP contribution in [-0.4, -0.2) is 33.0 Å². The van der Waals surface area contributed by atoms with E-state index in [1.165, 1.54) is 11.8 Å². The summed E-state index contributed by atoms with van der Waals surface area (Å²) in [5, 5.41) is 11.9. The van der Waals surface area contributed by atoms with E-state index in [0.717, 1.165) is 22.7 Å². The number of amides is 1. The van der Waals surface area contributed by atoms with Crippen LogP contribution in [-0.2, 0) is 17.9 Å². The van der Waals surface area contributed by atoms with Crippen molar-refractivity contribution in [2.24, 2.45) is 0 Å². The van der Waals surface area contributed by atoms with Crippen LogP contribution in [0, 0.1) is 6.92 Å². The molecule has 0 unspecified atom stereocenters. The smallest absolute Gasteiger partial charge is 0.237 e. The van der Waals surface area contributed by atoms with E-state index in [-0.39, 0.29) is 17.8 Å². The molecule has 0 aliphatic heterocycles. The first kappa shape index (κ1) is 21.7. The number of para-hydroxylation sites is 1. The molecule has 0 aliphatic rings. The predicted molar refractivity (Wildman–Crippen MR) is 118 cm³/mol. The summed E-state index contributed by atoms with van der Waals surface area (Å²) in [6, 6.07) is 15.1. The molecule has 30 heavy (non-hydrogen) atoms. The topological polar surface area (TPSA) is 78.3 Å². The van der Waals surface area contributed by atoms with Gasteiger partial charge in [-0.15, -0.1) is 10.2 Å². The maximum atomic E-state index is 12.6. The highest BCUT2D eigenvalue weighted by Gasteiger charge is 2.20. The number of hydrogen-bond donors (Lipinski definition) is 1. The van der Waals surface area contributed by atoms with E-state index in [1.54, 1.807) is 7.11 Å². The molecule has 3 aromatic rings. The maximum absolute atomic E-state index is 12.6. The van der Waals surface area contributed by atoms with Crippen molar-refractivity contribution in [3.8, 4) is 11.5 Å². The highest BCUT2D eigenvalue weighted by atomic mass is 32.2. The Morgan fingerprint density at radius 1 is 1.13 bits per heavy atom. The third-order valence-electron chi connectivity index (χ3n) is 4.59. The highest BCUT2D eigenvalue weighted by molar-refractivity contribution is 8.00. The second kappa shape index (κ2) is 10.2. The van der Waals surface area contributed by atoms with E-state index in [4.69, 9.17) is 9.47 Å². The van der Waals surface area contributed by atoms with Crippen LogP contribution >= 0.6 is 11.8 Å². The van der Waals surface area contributed by atoms with Crippen LogP contribution in [0.1, 0.15) is 25.2 Å². The van der Waals surface area contributed by atoms with Crippen molar-refractivity contribution in [3.63, 3.8) is 0 Å². The average molecular weight is 427 g/mol. The van der Waals surface area contributed by atoms with Crippen LogP contribution in [0.3, 0.4) is 0 Å². The lowest BCUT2D eigenvalue weighted by Gasteiger charge is -2.14. The number of carbonyl (C=O) groups is 1. The van der Waals surface area contributed by atoms with Gasteiger partial charge >= 0.3 is 0 Å². The second-order valence-corrected chi connectivity index (χ2v) is 7.98. The van der Waals surface area contributed by atoms with Crippen LogP contribution < -0.4 is 14.8 Å². The zero-order valence-corrected chi connectivity index (χ0v) is 18.4. The molecule has 0 radical (unpaired) electrons. The molecule has 1 atom stereocenters. The highest BCUT2D eigenvalue weighted by Crippen LogP contribution is 2.25. The summed E-state index contributed by atoms with van der Waals surface area (Å²) in [4.78, 5) is 12.6. The average Bonchev–Trinajstić information content (AvgIpc) is 3.15. The molecule has 0 saturated heterocycles. The van der Waals surface area contributed by atoms with Crippen molar-refractivity contribution in [2.45, 2.75) is 44.3 Å². The minimum absolute atomic E-state index is 0.0732. The Labute approximate surface area is 180 Å². The van der Waals surface area contributed by atoms with E-state index >= 15 is 0 Å². The number of methoxy groups -OCH3 is 1. The molecule has 7 nitrogen and oxygen atoms in total. The molecule has 1 amide bonds. The minimum atomic E-state index is -0.325. The quantitative estimate of drug-likeness (QED) is 0.514. The van der Waals surface area contributed by atoms with Gasteiger partial charge in [-0.25, -0.2) is 0 Å². The molecule has 0 spiro atoms. The van der Waals surface area contributed by atoms with Gasteiger partial charge in [0.15, 0.2) is 11.0 Å². The Bertz CT molecular complexity index is 988. The van der Waals surface area contributed by atoms with Gasteiger partial charge in [0, 0.05) is 12.2 Å². The predicted octanol–water partition coefficient (Wildman–Crippen LogP) is 4.31. The number of ether oxygens (including phenoxy) is 2. The summed E-state index contributed by atoms with van der Waals surface area (Å²) >= 11 is 1.38. The first-order valence-electron chi connectivity index (χ1n) is 9.74. The maximum Gasteiger partial charge on any atom is 0.237 e. The van der Waals surface area contributed by atoms with Crippen molar-refractivity contribution in [1.29, 1.82) is 0 Å². The van der Waals surface area contributed by atoms with E-state index in [0.29, 0.717) is 17.5 Å². The van der Waals surface area contributed by atoms with Gasteiger partial charge in [-0.3, -0.25) is 4.79 Å². The fourth-order valence-corrected chi connectivity index (χ4v) is 3.74. The van der Waals surface area contributed by atoms with Crippen molar-refractivity contribution in [2.75, 3.05) is 12.4 Å². The molecular weight excluding hydrogens is 400 g/mol. The number of thioether (sulfide) groups is 1. The molecule has 1 aromatic heterocycles. The number of benzene rings is 2. The molecule has 1 heterocycles. The Kier molecular flexibility index (Phi) is 7.35. The van der Waals surface area contributed by atoms with E-state index in [2.05, 4.69) is 15.5 Å². The fraction of sp³-hybridized carbons (Fsp3) is 0.318. The number of aromatic nitrogens is 3. The van der Waals surface area contributed by atoms with E-state index in [9.17, 15) is 4.79 Å². The Hall–Kier alpha value is -3.00. The Morgan fingerprint density at radius 3 is 2.50 bits per heavy atom. The van der Waals surface area contributed by atoms with E-state index < -0.39 is 0 Å². The van der Waals surface area contributed by atoms with Gasteiger partial charge < -0.3 is 19.4 Å². The van der Waals surface area contributed by atoms with Gasteiger partial charge in [-0.1, -0.05) is 30.0 Å². The lowest BCUT2D eigenvalue weighted by molar-refractivity contribution is -0.115. The van der Waals surface area contributed by atoms with Crippen LogP contribution in [0.25, 0.3) is 0 Å². The molecule has 3 rings (SSSR count). The molecule has 158 valence electrons. The number of rotatable bonds is 9. The number of nitrogens with one attached hydrogen (secondary N) is 1. The SMILES string of the molecule is CCn1c(COc2ccc(OC)cc2)nnc1S[C@H](C)C(=O)Nc1ccccc1C. The number of aryl methyl sites for hydroxylation is 1. The van der Waals surface area contributed by atoms with Gasteiger partial charge in [0.25, 0.3) is 0 Å². The van der Waals surface area contributed by atoms with E-state index in [1.807, 2.05) is 73.9 Å². The van der Waals surface area contributed by atoms with Crippen LogP contribution in [0.2, 0.25) is 0 Å². The third-order valence-corrected chi connectivity index (χ3v) is 5.67. The van der Waals surface area contributed by atoms with Gasteiger partial charge in [0.2, 0.25) is 5.91 Å². The number of nitrogens with zero attached hydrogens (tertiary/aromatic N) is 3. The molecular formula is C22H26N4O3S. The molecule has 1 N–H and O–H groups in total. The molecule has 0 aliphatic carbocycles. The summed E-state index contributed by atoms with van der Waals surface area (Å²) in [6.45, 7) is 6.82. The molecule has 2 aromatic carbocycles. The number of carbonyl (C=O) groups excluding carboxylic acids is 1. The Morgan fingerprint density at radius 2 is 1.83 bits per heavy atom. The van der Waals surface area contributed by atoms with Gasteiger partial charge in [0.05, 0.1) is 12.4 Å². The first-order chi connectivity index (χ1) is 14.5. The summed E-state index contributed by atoms with van der Waals surface area (Å²) < 4.78 is 12.9. The lowest BCUT2D eigenvalue weighted by Crippen LogP contribution is -2.23. The molecule has 0 fully saturated rings. The van der Waals surface area contributed by atoms with Gasteiger partial charge in [-0.2, -0.15) is 0 Å². The lowest BCUT2D eigenvalue weighted by atomic mass is 10.2. The largest absolute Gasteiger partial charge is 0.497 e. The number of hydrogen-bond acceptors (Lipinski definition) is 6. The standard InChI is InChI=1S/C22H26N4O3S/c1-5-26-20(14-29-18-12-10-17(28-4)11-13-18)24-25-22(26)30-16(3)21(27)23-19-9-7-6-8-15(19)2/h6-13,16H,5,14H2,1-4H3,(H,23,27)/t16-/m1/s1. The van der Waals surface area contributed by atoms with Crippen LogP contribution in [0.4, 0.5) is 5.69 Å². The van der Waals surface area contributed by atoms with Crippen molar-refractivity contribution in [1.82, 2.24) is 14.8 Å². The summed E-state index contributed by atoms with van der Waals surface area (Å²) in [6.07, 6.45) is 0. The van der Waals surface area contributed by atoms with Gasteiger partial charge in [0.1, 0.15) is 18.1 Å². The van der Waals surface area contributed by atoms with Crippen molar-refractivity contribution < 1.29 is 14.3 Å². The molecule has 0 bridgehead atoms. The third kappa shape index (κ3) is 5.33. The fourth-order valence-electron chi connectivity index (χ4n) is 2.81. The van der Waals surface area contributed by atoms with Crippen LogP contribution in [0.15, 0.2) is 53.7 Å². The van der Waals surface area contributed by atoms with Crippen molar-refractivity contribution in [3.05, 3.63) is 59.9 Å². The monoisotopic (exact) mass is 426 g/mol. The van der Waals surface area contributed by atoms with Gasteiger partial charge in [-0.05, 0) is 56.7 Å². The van der Waals surface area contributed by atoms with Crippen molar-refractivity contribution >= 4 is 23.4 Å². The zero-order valence-electron chi connectivity index (χ0n) is 17.6. The summed E-state index contributed by atoms with van der Waals surface area (Å²) in [5.41, 5.74) is 1.85. The summed E-state index contributed by atoms with van der Waals surface area (Å²) in [5.74, 6) is 2.13. The normalized spacial score (nSPS) is 11.7. The molecule has 8 heteroatoms. The first-order valence-corrected chi connectivity index (χ1v) is 10.6. The Balaban J connectivity index is 1.62. The summed E-state index contributed by atoms with van der Waals surface area (Å²) in [7, 11) is 1.63. The number of anilines is 1.